The van der Waals surface area contributed by atoms with Crippen LogP contribution in [0.5, 0.6) is 0 Å². The number of aromatic amines is 1. The molecule has 0 radical (unpaired) electrons. The lowest BCUT2D eigenvalue weighted by Crippen LogP contribution is -2.13. The van der Waals surface area contributed by atoms with Crippen LogP contribution in [0.3, 0.4) is 0 Å². The summed E-state index contributed by atoms with van der Waals surface area (Å²) in [6.07, 6.45) is 3.40. The van der Waals surface area contributed by atoms with Gasteiger partial charge in [-0.3, -0.25) is 4.79 Å². The van der Waals surface area contributed by atoms with Crippen molar-refractivity contribution in [1.82, 2.24) is 25.0 Å². The van der Waals surface area contributed by atoms with E-state index in [9.17, 15) is 9.18 Å². The van der Waals surface area contributed by atoms with Gasteiger partial charge < -0.3 is 5.73 Å². The van der Waals surface area contributed by atoms with Gasteiger partial charge in [-0.1, -0.05) is 0 Å². The number of rotatable bonds is 3. The fourth-order valence-corrected chi connectivity index (χ4v) is 2.74. The molecule has 27 heavy (non-hydrogen) atoms. The van der Waals surface area contributed by atoms with Crippen molar-refractivity contribution in [2.24, 2.45) is 0 Å². The number of pyridine rings is 1. The molecule has 8 heteroatoms. The molecule has 4 rings (SSSR count). The number of nitrogens with one attached hydrogen (secondary N) is 1. The third-order valence-corrected chi connectivity index (χ3v) is 4.13. The summed E-state index contributed by atoms with van der Waals surface area (Å²) in [6, 6.07) is 11.3. The lowest BCUT2D eigenvalue weighted by molar-refractivity contribution is 0.628. The Labute approximate surface area is 153 Å². The van der Waals surface area contributed by atoms with Crippen LogP contribution in [0.2, 0.25) is 0 Å². The van der Waals surface area contributed by atoms with Crippen molar-refractivity contribution in [2.75, 3.05) is 5.73 Å². The minimum Gasteiger partial charge on any atom is -0.384 e. The minimum atomic E-state index is -0.328. The van der Waals surface area contributed by atoms with Gasteiger partial charge in [0.2, 0.25) is 0 Å². The van der Waals surface area contributed by atoms with Crippen LogP contribution in [0, 0.1) is 12.7 Å². The van der Waals surface area contributed by atoms with Gasteiger partial charge in [0.15, 0.2) is 5.82 Å². The number of aryl methyl sites for hydroxylation is 1. The molecule has 134 valence electrons. The van der Waals surface area contributed by atoms with Crippen molar-refractivity contribution in [3.8, 4) is 28.2 Å². The van der Waals surface area contributed by atoms with E-state index in [-0.39, 0.29) is 11.4 Å². The van der Waals surface area contributed by atoms with E-state index in [4.69, 9.17) is 5.73 Å². The Kier molecular flexibility index (Phi) is 4.00. The second kappa shape index (κ2) is 6.49. The van der Waals surface area contributed by atoms with E-state index >= 15 is 0 Å². The van der Waals surface area contributed by atoms with Gasteiger partial charge in [0, 0.05) is 29.1 Å². The number of H-pyrrole nitrogens is 1. The summed E-state index contributed by atoms with van der Waals surface area (Å²) in [4.78, 5) is 15.6. The smallest absolute Gasteiger partial charge is 0.267 e. The van der Waals surface area contributed by atoms with Crippen molar-refractivity contribution in [3.63, 3.8) is 0 Å². The largest absolute Gasteiger partial charge is 0.384 e. The van der Waals surface area contributed by atoms with Gasteiger partial charge >= 0.3 is 0 Å². The van der Waals surface area contributed by atoms with Crippen LogP contribution in [0.1, 0.15) is 5.56 Å². The highest BCUT2D eigenvalue weighted by Gasteiger charge is 2.15. The summed E-state index contributed by atoms with van der Waals surface area (Å²) in [6.45, 7) is 1.69. The molecule has 0 aliphatic heterocycles. The second-order valence-corrected chi connectivity index (χ2v) is 6.05. The standard InChI is InChI=1S/C19H15FN6O/c1-11-8-17(23-24-19(11)27)26-10-15(13-6-7-22-16(21)9-13)18(25-26)12-2-4-14(20)5-3-12/h2-10H,1H3,(H2,21,22)(H,24,27). The molecule has 0 amide bonds. The van der Waals surface area contributed by atoms with Gasteiger partial charge in [-0.15, -0.1) is 0 Å². The van der Waals surface area contributed by atoms with Gasteiger partial charge in [0.1, 0.15) is 17.3 Å². The van der Waals surface area contributed by atoms with E-state index in [0.29, 0.717) is 22.9 Å². The van der Waals surface area contributed by atoms with Crippen molar-refractivity contribution in [1.29, 1.82) is 0 Å². The quantitative estimate of drug-likeness (QED) is 0.583. The van der Waals surface area contributed by atoms with E-state index < -0.39 is 0 Å². The number of nitrogen functional groups attached to an aromatic ring is 1. The topological polar surface area (TPSA) is 102 Å². The third-order valence-electron chi connectivity index (χ3n) is 4.13. The number of halogens is 1. The Morgan fingerprint density at radius 2 is 1.89 bits per heavy atom. The van der Waals surface area contributed by atoms with Crippen molar-refractivity contribution in [3.05, 3.63) is 76.6 Å². The monoisotopic (exact) mass is 362 g/mol. The molecule has 0 atom stereocenters. The molecule has 3 heterocycles. The molecule has 4 aromatic rings. The first-order valence-corrected chi connectivity index (χ1v) is 8.15. The maximum absolute atomic E-state index is 13.3. The van der Waals surface area contributed by atoms with Gasteiger partial charge in [-0.2, -0.15) is 10.2 Å². The minimum absolute atomic E-state index is 0.258. The van der Waals surface area contributed by atoms with E-state index in [1.807, 2.05) is 6.07 Å². The molecular weight excluding hydrogens is 347 g/mol. The SMILES string of the molecule is Cc1cc(-n2cc(-c3ccnc(N)c3)c(-c3ccc(F)cc3)n2)n[nH]c1=O. The van der Waals surface area contributed by atoms with Gasteiger partial charge in [0.05, 0.1) is 0 Å². The van der Waals surface area contributed by atoms with Gasteiger partial charge in [-0.05, 0) is 55.0 Å². The molecule has 0 aliphatic rings. The Hall–Kier alpha value is -3.81. The van der Waals surface area contributed by atoms with Crippen LogP contribution in [-0.2, 0) is 0 Å². The average Bonchev–Trinajstić information content (AvgIpc) is 3.10. The van der Waals surface area contributed by atoms with E-state index in [0.717, 1.165) is 16.7 Å². The van der Waals surface area contributed by atoms with Crippen molar-refractivity contribution >= 4 is 5.82 Å². The van der Waals surface area contributed by atoms with Crippen LogP contribution < -0.4 is 11.3 Å². The number of nitrogens with zero attached hydrogens (tertiary/aromatic N) is 4. The number of benzene rings is 1. The zero-order chi connectivity index (χ0) is 19.0. The molecule has 3 N–H and O–H groups in total. The summed E-state index contributed by atoms with van der Waals surface area (Å²) in [5, 5.41) is 11.1. The van der Waals surface area contributed by atoms with Crippen molar-refractivity contribution < 1.29 is 4.39 Å². The lowest BCUT2D eigenvalue weighted by atomic mass is 10.0. The summed E-state index contributed by atoms with van der Waals surface area (Å²) in [5.41, 5.74) is 9.04. The predicted octanol–water partition coefficient (Wildman–Crippen LogP) is 2.71. The number of anilines is 1. The van der Waals surface area contributed by atoms with E-state index in [1.165, 1.54) is 12.1 Å². The summed E-state index contributed by atoms with van der Waals surface area (Å²) in [7, 11) is 0. The maximum Gasteiger partial charge on any atom is 0.267 e. The van der Waals surface area contributed by atoms with Gasteiger partial charge in [0.25, 0.3) is 5.56 Å². The van der Waals surface area contributed by atoms with Crippen LogP contribution in [0.15, 0.2) is 59.7 Å². The summed E-state index contributed by atoms with van der Waals surface area (Å²) < 4.78 is 14.9. The Morgan fingerprint density at radius 1 is 1.11 bits per heavy atom. The van der Waals surface area contributed by atoms with Crippen LogP contribution >= 0.6 is 0 Å². The molecule has 0 bridgehead atoms. The number of hydrogen-bond acceptors (Lipinski definition) is 5. The van der Waals surface area contributed by atoms with Crippen LogP contribution in [-0.4, -0.2) is 25.0 Å². The molecule has 3 aromatic heterocycles. The first kappa shape index (κ1) is 16.6. The Bertz CT molecular complexity index is 1180. The molecule has 0 spiro atoms. The zero-order valence-electron chi connectivity index (χ0n) is 14.3. The first-order valence-electron chi connectivity index (χ1n) is 8.15. The summed E-state index contributed by atoms with van der Waals surface area (Å²) in [5.74, 6) is 0.512. The van der Waals surface area contributed by atoms with E-state index in [1.54, 1.807) is 48.3 Å². The second-order valence-electron chi connectivity index (χ2n) is 6.05. The lowest BCUT2D eigenvalue weighted by Gasteiger charge is -2.03. The Morgan fingerprint density at radius 3 is 2.59 bits per heavy atom. The molecular formula is C19H15FN6O. The predicted molar refractivity (Wildman–Crippen MR) is 99.8 cm³/mol. The molecule has 0 fully saturated rings. The zero-order valence-corrected chi connectivity index (χ0v) is 14.3. The number of hydrogen-bond donors (Lipinski definition) is 2. The fourth-order valence-electron chi connectivity index (χ4n) is 2.74. The number of aromatic nitrogens is 5. The Balaban J connectivity index is 1.92. The van der Waals surface area contributed by atoms with Crippen LogP contribution in [0.25, 0.3) is 28.2 Å². The molecule has 0 aliphatic carbocycles. The molecule has 1 aromatic carbocycles. The van der Waals surface area contributed by atoms with Gasteiger partial charge in [-0.25, -0.2) is 19.2 Å². The normalized spacial score (nSPS) is 10.9. The molecule has 7 nitrogen and oxygen atoms in total. The first-order chi connectivity index (χ1) is 13.0. The third kappa shape index (κ3) is 3.20. The average molecular weight is 362 g/mol. The number of nitrogens with two attached hydrogens (primary N) is 1. The molecule has 0 saturated heterocycles. The molecule has 0 unspecified atom stereocenters. The summed E-state index contributed by atoms with van der Waals surface area (Å²) >= 11 is 0. The van der Waals surface area contributed by atoms with E-state index in [2.05, 4.69) is 20.3 Å². The highest BCUT2D eigenvalue weighted by Crippen LogP contribution is 2.32. The van der Waals surface area contributed by atoms with Crippen molar-refractivity contribution in [2.45, 2.75) is 6.92 Å². The maximum atomic E-state index is 13.3. The van der Waals surface area contributed by atoms with Crippen LogP contribution in [0.4, 0.5) is 10.2 Å². The molecule has 0 saturated carbocycles. The highest BCUT2D eigenvalue weighted by molar-refractivity contribution is 5.81. The fraction of sp³-hybridized carbons (Fsp3) is 0.0526. The highest BCUT2D eigenvalue weighted by atomic mass is 19.1.